The van der Waals surface area contributed by atoms with E-state index >= 15 is 0 Å². The van der Waals surface area contributed by atoms with Gasteiger partial charge in [0.1, 0.15) is 0 Å². The molecule has 0 aromatic heterocycles. The van der Waals surface area contributed by atoms with Gasteiger partial charge in [-0.1, -0.05) is 17.7 Å². The fourth-order valence-electron chi connectivity index (χ4n) is 1.85. The van der Waals surface area contributed by atoms with E-state index in [4.69, 9.17) is 11.6 Å². The van der Waals surface area contributed by atoms with E-state index in [2.05, 4.69) is 21.2 Å². The number of rotatable bonds is 2. The largest absolute Gasteiger partial charge is 0.340 e. The highest BCUT2D eigenvalue weighted by atomic mass is 79.9. The molecule has 1 aromatic carbocycles. The maximum Gasteiger partial charge on any atom is 0.227 e. The quantitative estimate of drug-likeness (QED) is 0.885. The van der Waals surface area contributed by atoms with Crippen LogP contribution in [0.25, 0.3) is 0 Å². The van der Waals surface area contributed by atoms with Crippen LogP contribution in [0.5, 0.6) is 0 Å². The van der Waals surface area contributed by atoms with Gasteiger partial charge in [0.05, 0.1) is 11.4 Å². The molecule has 3 nitrogen and oxygen atoms in total. The molecular weight excluding hydrogens is 339 g/mol. The van der Waals surface area contributed by atoms with E-state index in [9.17, 15) is 4.79 Å². The highest BCUT2D eigenvalue weighted by Crippen LogP contribution is 2.23. The lowest BCUT2D eigenvalue weighted by molar-refractivity contribution is -0.131. The van der Waals surface area contributed by atoms with Crippen molar-refractivity contribution in [2.24, 2.45) is 0 Å². The molecule has 1 N–H and O–H groups in total. The van der Waals surface area contributed by atoms with E-state index in [0.717, 1.165) is 36.2 Å². The van der Waals surface area contributed by atoms with Crippen molar-refractivity contribution < 1.29 is 4.79 Å². The lowest BCUT2D eigenvalue weighted by Gasteiger charge is -2.27. The van der Waals surface area contributed by atoms with Crippen molar-refractivity contribution in [1.29, 1.82) is 0 Å². The minimum Gasteiger partial charge on any atom is -0.340 e. The Bertz CT molecular complexity index is 423. The van der Waals surface area contributed by atoms with Crippen LogP contribution in [0, 0.1) is 0 Å². The third-order valence-electron chi connectivity index (χ3n) is 2.81. The molecule has 1 saturated heterocycles. The summed E-state index contributed by atoms with van der Waals surface area (Å²) in [4.78, 5) is 13.9. The molecule has 0 aliphatic carbocycles. The molecule has 6 heteroatoms. The Morgan fingerprint density at radius 3 is 2.67 bits per heavy atom. The summed E-state index contributed by atoms with van der Waals surface area (Å²) in [6.07, 6.45) is 0.440. The second-order valence-electron chi connectivity index (χ2n) is 4.06. The summed E-state index contributed by atoms with van der Waals surface area (Å²) in [5.74, 6) is 0.181. The first kappa shape index (κ1) is 15.8. The Morgan fingerprint density at radius 2 is 2.06 bits per heavy atom. The van der Waals surface area contributed by atoms with Crippen LogP contribution in [0.4, 0.5) is 0 Å². The first-order chi connectivity index (χ1) is 8.16. The van der Waals surface area contributed by atoms with Crippen LogP contribution in [0.2, 0.25) is 5.02 Å². The van der Waals surface area contributed by atoms with Gasteiger partial charge in [-0.2, -0.15) is 0 Å². The maximum atomic E-state index is 12.0. The van der Waals surface area contributed by atoms with E-state index in [-0.39, 0.29) is 18.3 Å². The first-order valence-electron chi connectivity index (χ1n) is 5.59. The van der Waals surface area contributed by atoms with Crippen molar-refractivity contribution in [3.63, 3.8) is 0 Å². The average Bonchev–Trinajstić information content (AvgIpc) is 2.35. The van der Waals surface area contributed by atoms with E-state index in [1.165, 1.54) is 0 Å². The Labute approximate surface area is 126 Å². The molecule has 1 aromatic rings. The molecule has 0 saturated carbocycles. The van der Waals surface area contributed by atoms with Gasteiger partial charge in [-0.25, -0.2) is 0 Å². The summed E-state index contributed by atoms with van der Waals surface area (Å²) < 4.78 is 0.838. The molecule has 1 heterocycles. The fourth-order valence-corrected chi connectivity index (χ4v) is 2.39. The molecule has 18 heavy (non-hydrogen) atoms. The summed E-state index contributed by atoms with van der Waals surface area (Å²) in [7, 11) is 0. The van der Waals surface area contributed by atoms with Gasteiger partial charge in [-0.05, 0) is 33.6 Å². The van der Waals surface area contributed by atoms with E-state index < -0.39 is 0 Å². The summed E-state index contributed by atoms with van der Waals surface area (Å²) in [6.45, 7) is 3.37. The summed E-state index contributed by atoms with van der Waals surface area (Å²) in [5.41, 5.74) is 0.991. The number of benzene rings is 1. The van der Waals surface area contributed by atoms with Crippen molar-refractivity contribution in [1.82, 2.24) is 10.2 Å². The maximum absolute atomic E-state index is 12.0. The van der Waals surface area contributed by atoms with Crippen LogP contribution < -0.4 is 5.32 Å². The molecule has 1 aliphatic rings. The Balaban J connectivity index is 0.00000162. The molecule has 0 bridgehead atoms. The summed E-state index contributed by atoms with van der Waals surface area (Å²) in [6, 6.07) is 5.61. The van der Waals surface area contributed by atoms with Crippen LogP contribution in [0.15, 0.2) is 22.7 Å². The third kappa shape index (κ3) is 4.12. The Hall–Kier alpha value is -0.290. The normalized spacial score (nSPS) is 15.1. The first-order valence-corrected chi connectivity index (χ1v) is 6.76. The van der Waals surface area contributed by atoms with Gasteiger partial charge in [0.2, 0.25) is 5.91 Å². The van der Waals surface area contributed by atoms with Gasteiger partial charge < -0.3 is 10.2 Å². The molecule has 100 valence electrons. The molecule has 0 radical (unpaired) electrons. The number of halogens is 3. The van der Waals surface area contributed by atoms with Crippen LogP contribution in [-0.2, 0) is 11.2 Å². The number of hydrogen-bond acceptors (Lipinski definition) is 2. The minimum atomic E-state index is 0. The third-order valence-corrected chi connectivity index (χ3v) is 4.02. The predicted octanol–water partition coefficient (Wildman–Crippen LogP) is 2.50. The van der Waals surface area contributed by atoms with Crippen molar-refractivity contribution >= 4 is 45.8 Å². The molecule has 1 aliphatic heterocycles. The number of nitrogens with one attached hydrogen (secondary N) is 1. The van der Waals surface area contributed by atoms with Crippen molar-refractivity contribution in [2.45, 2.75) is 6.42 Å². The second kappa shape index (κ2) is 7.34. The van der Waals surface area contributed by atoms with Gasteiger partial charge >= 0.3 is 0 Å². The van der Waals surface area contributed by atoms with Crippen molar-refractivity contribution in [2.75, 3.05) is 26.2 Å². The van der Waals surface area contributed by atoms with Crippen LogP contribution in [0.3, 0.4) is 0 Å². The van der Waals surface area contributed by atoms with E-state index in [1.807, 2.05) is 23.1 Å². The lowest BCUT2D eigenvalue weighted by atomic mass is 10.1. The number of hydrogen-bond donors (Lipinski definition) is 1. The van der Waals surface area contributed by atoms with Crippen molar-refractivity contribution in [3.8, 4) is 0 Å². The zero-order valence-electron chi connectivity index (χ0n) is 9.79. The van der Waals surface area contributed by atoms with Crippen LogP contribution >= 0.6 is 39.9 Å². The highest BCUT2D eigenvalue weighted by molar-refractivity contribution is 9.10. The molecule has 2 rings (SSSR count). The Morgan fingerprint density at radius 1 is 1.39 bits per heavy atom. The average molecular weight is 354 g/mol. The lowest BCUT2D eigenvalue weighted by Crippen LogP contribution is -2.46. The van der Waals surface area contributed by atoms with Gasteiger partial charge in [-0.3, -0.25) is 4.79 Å². The zero-order valence-corrected chi connectivity index (χ0v) is 12.9. The highest BCUT2D eigenvalue weighted by Gasteiger charge is 2.16. The number of carbonyl (C=O) groups is 1. The summed E-state index contributed by atoms with van der Waals surface area (Å²) >= 11 is 9.28. The van der Waals surface area contributed by atoms with Gasteiger partial charge in [0, 0.05) is 30.7 Å². The van der Waals surface area contributed by atoms with Crippen molar-refractivity contribution in [3.05, 3.63) is 33.3 Å². The Kier molecular flexibility index (Phi) is 6.43. The summed E-state index contributed by atoms with van der Waals surface area (Å²) in [5, 5.41) is 3.90. The zero-order chi connectivity index (χ0) is 12.3. The molecule has 1 fully saturated rings. The SMILES string of the molecule is Cl.O=C(Cc1ccc(Cl)c(Br)c1)N1CCNCC1. The molecular formula is C12H15BrCl2N2O. The van der Waals surface area contributed by atoms with Crippen LogP contribution in [-0.4, -0.2) is 37.0 Å². The smallest absolute Gasteiger partial charge is 0.227 e. The minimum absolute atomic E-state index is 0. The predicted molar refractivity (Wildman–Crippen MR) is 79.6 cm³/mol. The van der Waals surface area contributed by atoms with Gasteiger partial charge in [-0.15, -0.1) is 12.4 Å². The fraction of sp³-hybridized carbons (Fsp3) is 0.417. The topological polar surface area (TPSA) is 32.3 Å². The van der Waals surface area contributed by atoms with E-state index in [1.54, 1.807) is 0 Å². The number of carbonyl (C=O) groups excluding carboxylic acids is 1. The number of amides is 1. The van der Waals surface area contributed by atoms with E-state index in [0.29, 0.717) is 11.4 Å². The molecule has 0 unspecified atom stereocenters. The molecule has 0 spiro atoms. The molecule has 0 atom stereocenters. The number of piperazine rings is 1. The second-order valence-corrected chi connectivity index (χ2v) is 5.32. The standard InChI is InChI=1S/C12H14BrClN2O.ClH/c13-10-7-9(1-2-11(10)14)8-12(17)16-5-3-15-4-6-16;/h1-2,7,15H,3-6,8H2;1H. The monoisotopic (exact) mass is 352 g/mol. The van der Waals surface area contributed by atoms with Gasteiger partial charge in [0.15, 0.2) is 0 Å². The number of nitrogens with zero attached hydrogens (tertiary/aromatic N) is 1. The van der Waals surface area contributed by atoms with Gasteiger partial charge in [0.25, 0.3) is 0 Å². The van der Waals surface area contributed by atoms with Crippen LogP contribution in [0.1, 0.15) is 5.56 Å². The molecule has 1 amide bonds.